The van der Waals surface area contributed by atoms with E-state index in [4.69, 9.17) is 4.74 Å². The average Bonchev–Trinajstić information content (AvgIpc) is 2.38. The van der Waals surface area contributed by atoms with Crippen molar-refractivity contribution in [1.29, 1.82) is 0 Å². The van der Waals surface area contributed by atoms with E-state index in [-0.39, 0.29) is 23.6 Å². The highest BCUT2D eigenvalue weighted by Crippen LogP contribution is 2.13. The summed E-state index contributed by atoms with van der Waals surface area (Å²) in [6.45, 7) is -0.0960. The Labute approximate surface area is 101 Å². The van der Waals surface area contributed by atoms with Crippen molar-refractivity contribution in [1.82, 2.24) is 9.97 Å². The standard InChI is InChI=1S/C12H8F2N2O2/c13-10-5-15-4-3-9(10)7-18-11-2-1-8(6-17)12(14)16-11/h1-6H,7H2. The molecule has 2 heterocycles. The number of pyridine rings is 2. The summed E-state index contributed by atoms with van der Waals surface area (Å²) in [5.74, 6) is -1.45. The lowest BCUT2D eigenvalue weighted by Gasteiger charge is -2.06. The predicted molar refractivity (Wildman–Crippen MR) is 58.1 cm³/mol. The highest BCUT2D eigenvalue weighted by atomic mass is 19.1. The number of halogens is 2. The van der Waals surface area contributed by atoms with Crippen LogP contribution in [0.1, 0.15) is 15.9 Å². The van der Waals surface area contributed by atoms with Gasteiger partial charge in [0.15, 0.2) is 6.29 Å². The van der Waals surface area contributed by atoms with Gasteiger partial charge < -0.3 is 4.74 Å². The number of hydrogen-bond acceptors (Lipinski definition) is 4. The summed E-state index contributed by atoms with van der Waals surface area (Å²) in [6.07, 6.45) is 2.84. The van der Waals surface area contributed by atoms with Crippen molar-refractivity contribution in [2.45, 2.75) is 6.61 Å². The lowest BCUT2D eigenvalue weighted by Crippen LogP contribution is -2.02. The van der Waals surface area contributed by atoms with E-state index >= 15 is 0 Å². The van der Waals surface area contributed by atoms with Gasteiger partial charge in [-0.1, -0.05) is 0 Å². The fourth-order valence-electron chi connectivity index (χ4n) is 1.27. The van der Waals surface area contributed by atoms with Gasteiger partial charge in [0.05, 0.1) is 11.8 Å². The van der Waals surface area contributed by atoms with Gasteiger partial charge in [-0.25, -0.2) is 4.39 Å². The van der Waals surface area contributed by atoms with Crippen molar-refractivity contribution >= 4 is 6.29 Å². The van der Waals surface area contributed by atoms with E-state index in [2.05, 4.69) is 9.97 Å². The first-order valence-electron chi connectivity index (χ1n) is 5.03. The Morgan fingerprint density at radius 2 is 2.11 bits per heavy atom. The smallest absolute Gasteiger partial charge is 0.226 e. The van der Waals surface area contributed by atoms with Crippen molar-refractivity contribution in [2.75, 3.05) is 0 Å². The monoisotopic (exact) mass is 250 g/mol. The van der Waals surface area contributed by atoms with Gasteiger partial charge in [-0.05, 0) is 12.1 Å². The number of nitrogens with zero attached hydrogens (tertiary/aromatic N) is 2. The molecule has 0 saturated heterocycles. The van der Waals surface area contributed by atoms with Gasteiger partial charge in [-0.15, -0.1) is 0 Å². The third kappa shape index (κ3) is 2.65. The predicted octanol–water partition coefficient (Wildman–Crippen LogP) is 2.15. The van der Waals surface area contributed by atoms with Crippen molar-refractivity contribution in [2.24, 2.45) is 0 Å². The maximum atomic E-state index is 13.2. The molecule has 92 valence electrons. The van der Waals surface area contributed by atoms with Crippen molar-refractivity contribution in [3.05, 3.63) is 53.5 Å². The van der Waals surface area contributed by atoms with E-state index in [0.29, 0.717) is 6.29 Å². The van der Waals surface area contributed by atoms with E-state index in [1.54, 1.807) is 0 Å². The molecule has 0 saturated carbocycles. The molecule has 0 bridgehead atoms. The third-order valence-electron chi connectivity index (χ3n) is 2.21. The first kappa shape index (κ1) is 12.1. The second-order valence-electron chi connectivity index (χ2n) is 3.40. The number of aldehydes is 1. The zero-order valence-electron chi connectivity index (χ0n) is 9.14. The normalized spacial score (nSPS) is 10.1. The molecule has 6 heteroatoms. The van der Waals surface area contributed by atoms with Gasteiger partial charge in [0.1, 0.15) is 12.4 Å². The van der Waals surface area contributed by atoms with Gasteiger partial charge in [-0.2, -0.15) is 9.37 Å². The molecule has 0 N–H and O–H groups in total. The average molecular weight is 250 g/mol. The van der Waals surface area contributed by atoms with Crippen LogP contribution in [0.25, 0.3) is 0 Å². The first-order valence-corrected chi connectivity index (χ1v) is 5.03. The minimum atomic E-state index is -0.919. The van der Waals surface area contributed by atoms with E-state index in [0.717, 1.165) is 6.20 Å². The molecule has 2 aromatic heterocycles. The van der Waals surface area contributed by atoms with Crippen LogP contribution in [0.2, 0.25) is 0 Å². The minimum absolute atomic E-state index is 0.0192. The van der Waals surface area contributed by atoms with E-state index in [1.807, 2.05) is 0 Å². The Kier molecular flexibility index (Phi) is 3.57. The van der Waals surface area contributed by atoms with Crippen LogP contribution in [0.15, 0.2) is 30.6 Å². The molecule has 0 aliphatic heterocycles. The number of ether oxygens (including phenoxy) is 1. The Morgan fingerprint density at radius 1 is 1.28 bits per heavy atom. The van der Waals surface area contributed by atoms with Crippen LogP contribution in [0.3, 0.4) is 0 Å². The van der Waals surface area contributed by atoms with Crippen LogP contribution in [0.5, 0.6) is 5.88 Å². The fourth-order valence-corrected chi connectivity index (χ4v) is 1.27. The lowest BCUT2D eigenvalue weighted by molar-refractivity contribution is 0.111. The highest BCUT2D eigenvalue weighted by Gasteiger charge is 2.06. The largest absolute Gasteiger partial charge is 0.473 e. The topological polar surface area (TPSA) is 52.1 Å². The van der Waals surface area contributed by atoms with E-state index in [9.17, 15) is 13.6 Å². The van der Waals surface area contributed by atoms with Crippen LogP contribution in [-0.2, 0) is 6.61 Å². The van der Waals surface area contributed by atoms with Crippen molar-refractivity contribution < 1.29 is 18.3 Å². The first-order chi connectivity index (χ1) is 8.70. The fraction of sp³-hybridized carbons (Fsp3) is 0.0833. The zero-order chi connectivity index (χ0) is 13.0. The van der Waals surface area contributed by atoms with Crippen LogP contribution in [-0.4, -0.2) is 16.3 Å². The van der Waals surface area contributed by atoms with Crippen LogP contribution < -0.4 is 4.74 Å². The minimum Gasteiger partial charge on any atom is -0.473 e. The summed E-state index contributed by atoms with van der Waals surface area (Å²) in [7, 11) is 0. The molecule has 0 radical (unpaired) electrons. The zero-order valence-corrected chi connectivity index (χ0v) is 9.14. The summed E-state index contributed by atoms with van der Waals surface area (Å²) in [5.41, 5.74) is 0.129. The summed E-state index contributed by atoms with van der Waals surface area (Å²) < 4.78 is 31.5. The van der Waals surface area contributed by atoms with Gasteiger partial charge in [0, 0.05) is 17.8 Å². The van der Waals surface area contributed by atoms with E-state index < -0.39 is 11.8 Å². The molecule has 4 nitrogen and oxygen atoms in total. The third-order valence-corrected chi connectivity index (χ3v) is 2.21. The Bertz CT molecular complexity index is 576. The van der Waals surface area contributed by atoms with Crippen molar-refractivity contribution in [3.8, 4) is 5.88 Å². The molecule has 0 aliphatic rings. The second-order valence-corrected chi connectivity index (χ2v) is 3.40. The number of hydrogen-bond donors (Lipinski definition) is 0. The highest BCUT2D eigenvalue weighted by molar-refractivity contribution is 5.74. The quantitative estimate of drug-likeness (QED) is 0.616. The Morgan fingerprint density at radius 3 is 2.78 bits per heavy atom. The van der Waals surface area contributed by atoms with Crippen LogP contribution in [0.4, 0.5) is 8.78 Å². The van der Waals surface area contributed by atoms with Gasteiger partial charge in [-0.3, -0.25) is 9.78 Å². The van der Waals surface area contributed by atoms with Gasteiger partial charge in [0.25, 0.3) is 0 Å². The molecule has 2 aromatic rings. The maximum Gasteiger partial charge on any atom is 0.226 e. The summed E-state index contributed by atoms with van der Waals surface area (Å²) in [5, 5.41) is 0. The lowest BCUT2D eigenvalue weighted by atomic mass is 10.3. The van der Waals surface area contributed by atoms with Crippen LogP contribution in [0, 0.1) is 11.8 Å². The van der Waals surface area contributed by atoms with Crippen LogP contribution >= 0.6 is 0 Å². The molecular formula is C12H8F2N2O2. The second kappa shape index (κ2) is 5.31. The molecule has 0 fully saturated rings. The summed E-state index contributed by atoms with van der Waals surface area (Å²) in [4.78, 5) is 17.4. The number of rotatable bonds is 4. The van der Waals surface area contributed by atoms with Gasteiger partial charge in [0.2, 0.25) is 11.8 Å². The Hall–Kier alpha value is -2.37. The molecule has 0 unspecified atom stereocenters. The van der Waals surface area contributed by atoms with E-state index in [1.165, 1.54) is 24.4 Å². The summed E-state index contributed by atoms with van der Waals surface area (Å²) in [6, 6.07) is 4.03. The molecule has 2 rings (SSSR count). The molecule has 0 atom stereocenters. The number of carbonyl (C=O) groups excluding carboxylic acids is 1. The van der Waals surface area contributed by atoms with Crippen molar-refractivity contribution in [3.63, 3.8) is 0 Å². The molecule has 0 aromatic carbocycles. The molecular weight excluding hydrogens is 242 g/mol. The van der Waals surface area contributed by atoms with Gasteiger partial charge >= 0.3 is 0 Å². The Balaban J connectivity index is 2.09. The maximum absolute atomic E-state index is 13.2. The molecule has 0 amide bonds. The molecule has 0 aliphatic carbocycles. The molecule has 18 heavy (non-hydrogen) atoms. The SMILES string of the molecule is O=Cc1ccc(OCc2ccncc2F)nc1F. The number of carbonyl (C=O) groups is 1. The summed E-state index contributed by atoms with van der Waals surface area (Å²) >= 11 is 0. The number of aromatic nitrogens is 2. The molecule has 0 spiro atoms.